The van der Waals surface area contributed by atoms with Gasteiger partial charge in [-0.15, -0.1) is 0 Å². The topological polar surface area (TPSA) is 57.6 Å². The number of aliphatic carboxylic acids is 1. The molecular weight excluding hydrogens is 425 g/mol. The van der Waals surface area contributed by atoms with Crippen molar-refractivity contribution in [3.63, 3.8) is 0 Å². The number of nitrogens with zero attached hydrogens (tertiary/aromatic N) is 1. The van der Waals surface area contributed by atoms with Crippen molar-refractivity contribution in [2.45, 2.75) is 6.42 Å². The van der Waals surface area contributed by atoms with Crippen LogP contribution in [0, 0.1) is 0 Å². The number of carbonyl (C=O) groups excluding carboxylic acids is 1. The summed E-state index contributed by atoms with van der Waals surface area (Å²) in [6, 6.07) is 12.9. The number of thioether (sulfide) groups is 1. The molecule has 8 heteroatoms. The van der Waals surface area contributed by atoms with Crippen LogP contribution in [0.4, 0.5) is 0 Å². The third kappa shape index (κ3) is 4.71. The lowest BCUT2D eigenvalue weighted by Gasteiger charge is -2.12. The minimum absolute atomic E-state index is 0.0672. The molecule has 1 fully saturated rings. The van der Waals surface area contributed by atoms with Crippen LogP contribution in [0.5, 0.6) is 0 Å². The van der Waals surface area contributed by atoms with Crippen LogP contribution in [0.3, 0.4) is 0 Å². The molecule has 2 aromatic carbocycles. The highest BCUT2D eigenvalue weighted by Crippen LogP contribution is 2.34. The normalized spacial score (nSPS) is 15.6. The second-order valence-electron chi connectivity index (χ2n) is 5.73. The first-order valence-electron chi connectivity index (χ1n) is 7.88. The number of thiocarbonyl (C=S) groups is 1. The maximum Gasteiger partial charge on any atom is 0.305 e. The fourth-order valence-electron chi connectivity index (χ4n) is 2.57. The number of hydrogen-bond acceptors (Lipinski definition) is 4. The van der Waals surface area contributed by atoms with E-state index in [0.717, 1.165) is 16.7 Å². The largest absolute Gasteiger partial charge is 0.481 e. The quantitative estimate of drug-likeness (QED) is 0.505. The molecule has 0 aliphatic carbocycles. The van der Waals surface area contributed by atoms with Crippen molar-refractivity contribution in [2.75, 3.05) is 6.54 Å². The van der Waals surface area contributed by atoms with E-state index in [4.69, 9.17) is 40.5 Å². The molecule has 0 aromatic heterocycles. The van der Waals surface area contributed by atoms with Crippen LogP contribution in [0.2, 0.25) is 10.0 Å². The molecule has 0 bridgehead atoms. The average Bonchev–Trinajstić information content (AvgIpc) is 2.86. The van der Waals surface area contributed by atoms with Crippen LogP contribution < -0.4 is 0 Å². The van der Waals surface area contributed by atoms with Gasteiger partial charge in [0.1, 0.15) is 4.32 Å². The van der Waals surface area contributed by atoms with E-state index in [9.17, 15) is 9.59 Å². The first-order chi connectivity index (χ1) is 12.8. The van der Waals surface area contributed by atoms with Gasteiger partial charge in [-0.05, 0) is 35.4 Å². The van der Waals surface area contributed by atoms with Crippen LogP contribution in [-0.2, 0) is 9.59 Å². The van der Waals surface area contributed by atoms with Gasteiger partial charge >= 0.3 is 5.97 Å². The maximum atomic E-state index is 12.5. The van der Waals surface area contributed by atoms with Crippen LogP contribution in [0.15, 0.2) is 47.4 Å². The Morgan fingerprint density at radius 2 is 2.00 bits per heavy atom. The van der Waals surface area contributed by atoms with E-state index in [-0.39, 0.29) is 18.9 Å². The molecule has 1 saturated heterocycles. The highest BCUT2D eigenvalue weighted by Gasteiger charge is 2.32. The number of benzene rings is 2. The molecule has 0 unspecified atom stereocenters. The number of rotatable bonds is 5. The van der Waals surface area contributed by atoms with Crippen LogP contribution in [-0.4, -0.2) is 32.7 Å². The molecule has 1 amide bonds. The smallest absolute Gasteiger partial charge is 0.305 e. The Bertz CT molecular complexity index is 975. The predicted molar refractivity (Wildman–Crippen MR) is 114 cm³/mol. The molecule has 0 radical (unpaired) electrons. The lowest BCUT2D eigenvalue weighted by atomic mass is 10.0. The first-order valence-corrected chi connectivity index (χ1v) is 9.86. The summed E-state index contributed by atoms with van der Waals surface area (Å²) >= 11 is 18.6. The summed E-state index contributed by atoms with van der Waals surface area (Å²) in [5.41, 5.74) is 2.55. The Morgan fingerprint density at radius 1 is 1.22 bits per heavy atom. The molecule has 27 heavy (non-hydrogen) atoms. The van der Waals surface area contributed by atoms with E-state index in [1.54, 1.807) is 18.2 Å². The second-order valence-corrected chi connectivity index (χ2v) is 8.25. The van der Waals surface area contributed by atoms with Crippen molar-refractivity contribution in [3.8, 4) is 11.1 Å². The van der Waals surface area contributed by atoms with Gasteiger partial charge in [0.25, 0.3) is 5.91 Å². The summed E-state index contributed by atoms with van der Waals surface area (Å²) in [4.78, 5) is 25.0. The van der Waals surface area contributed by atoms with Gasteiger partial charge in [0.2, 0.25) is 0 Å². The third-order valence-corrected chi connectivity index (χ3v) is 5.77. The van der Waals surface area contributed by atoms with Gasteiger partial charge in [-0.2, -0.15) is 0 Å². The van der Waals surface area contributed by atoms with E-state index in [1.807, 2.05) is 30.3 Å². The number of hydrogen-bond donors (Lipinski definition) is 1. The van der Waals surface area contributed by atoms with Crippen LogP contribution in [0.25, 0.3) is 17.2 Å². The van der Waals surface area contributed by atoms with Gasteiger partial charge in [0.05, 0.1) is 11.3 Å². The molecule has 0 atom stereocenters. The Balaban J connectivity index is 1.86. The zero-order chi connectivity index (χ0) is 19.6. The molecule has 0 saturated carbocycles. The van der Waals surface area contributed by atoms with Crippen LogP contribution >= 0.6 is 47.2 Å². The van der Waals surface area contributed by atoms with Crippen molar-refractivity contribution in [2.24, 2.45) is 0 Å². The summed E-state index contributed by atoms with van der Waals surface area (Å²) in [6.07, 6.45) is 1.59. The van der Waals surface area contributed by atoms with E-state index >= 15 is 0 Å². The predicted octanol–water partition coefficient (Wildman–Crippen LogP) is 5.34. The zero-order valence-corrected chi connectivity index (χ0v) is 17.0. The van der Waals surface area contributed by atoms with Gasteiger partial charge in [-0.3, -0.25) is 14.5 Å². The molecule has 138 valence electrons. The Morgan fingerprint density at radius 3 is 2.70 bits per heavy atom. The number of carbonyl (C=O) groups is 2. The van der Waals surface area contributed by atoms with Crippen molar-refractivity contribution in [3.05, 3.63) is 63.0 Å². The monoisotopic (exact) mass is 437 g/mol. The number of halogens is 2. The Kier molecular flexibility index (Phi) is 6.22. The second kappa shape index (κ2) is 8.44. The minimum atomic E-state index is -0.972. The summed E-state index contributed by atoms with van der Waals surface area (Å²) in [6.45, 7) is 0.0672. The summed E-state index contributed by atoms with van der Waals surface area (Å²) in [5.74, 6) is -1.25. The highest BCUT2D eigenvalue weighted by molar-refractivity contribution is 8.26. The van der Waals surface area contributed by atoms with Gasteiger partial charge in [-0.1, -0.05) is 71.4 Å². The van der Waals surface area contributed by atoms with E-state index in [0.29, 0.717) is 19.3 Å². The Hall–Kier alpha value is -1.86. The molecule has 1 aliphatic heterocycles. The fraction of sp³-hybridized carbons (Fsp3) is 0.105. The first kappa shape index (κ1) is 19.9. The van der Waals surface area contributed by atoms with Gasteiger partial charge in [-0.25, -0.2) is 0 Å². The number of amides is 1. The van der Waals surface area contributed by atoms with Gasteiger partial charge in [0.15, 0.2) is 0 Å². The molecule has 1 aliphatic rings. The van der Waals surface area contributed by atoms with Crippen molar-refractivity contribution >= 4 is 69.5 Å². The summed E-state index contributed by atoms with van der Waals surface area (Å²) in [5, 5.41) is 9.91. The van der Waals surface area contributed by atoms with Crippen LogP contribution in [0.1, 0.15) is 12.0 Å². The summed E-state index contributed by atoms with van der Waals surface area (Å²) in [7, 11) is 0. The highest BCUT2D eigenvalue weighted by atomic mass is 35.5. The molecule has 2 aromatic rings. The zero-order valence-electron chi connectivity index (χ0n) is 13.8. The summed E-state index contributed by atoms with van der Waals surface area (Å²) < 4.78 is 0.365. The van der Waals surface area contributed by atoms with Crippen molar-refractivity contribution in [1.29, 1.82) is 0 Å². The maximum absolute atomic E-state index is 12.5. The lowest BCUT2D eigenvalue weighted by molar-refractivity contribution is -0.137. The number of carboxylic acids is 1. The molecular formula is C19H13Cl2NO3S2. The molecule has 4 nitrogen and oxygen atoms in total. The molecule has 1 N–H and O–H groups in total. The lowest BCUT2D eigenvalue weighted by Crippen LogP contribution is -2.30. The van der Waals surface area contributed by atoms with E-state index in [2.05, 4.69) is 0 Å². The van der Waals surface area contributed by atoms with Gasteiger partial charge in [0, 0.05) is 22.2 Å². The van der Waals surface area contributed by atoms with E-state index in [1.165, 1.54) is 16.7 Å². The minimum Gasteiger partial charge on any atom is -0.481 e. The van der Waals surface area contributed by atoms with E-state index < -0.39 is 5.97 Å². The third-order valence-electron chi connectivity index (χ3n) is 3.85. The van der Waals surface area contributed by atoms with Crippen molar-refractivity contribution in [1.82, 2.24) is 4.90 Å². The van der Waals surface area contributed by atoms with Crippen molar-refractivity contribution < 1.29 is 14.7 Å². The molecule has 0 spiro atoms. The van der Waals surface area contributed by atoms with Gasteiger partial charge < -0.3 is 5.11 Å². The average molecular weight is 438 g/mol. The Labute approximate surface area is 175 Å². The number of carboxylic acid groups (broad SMARTS) is 1. The SMILES string of the molecule is O=C(O)CCN1C(=O)/C(=C/c2cccc(-c3ccc(Cl)cc3Cl)c2)SC1=S. The fourth-order valence-corrected chi connectivity index (χ4v) is 4.40. The standard InChI is InChI=1S/C19H13Cl2NO3S2/c20-13-4-5-14(15(21)10-13)12-3-1-2-11(8-12)9-16-18(25)22(19(26)27-16)7-6-17(23)24/h1-5,8-10H,6-7H2,(H,23,24)/b16-9-. The molecule has 3 rings (SSSR count). The molecule has 1 heterocycles.